The van der Waals surface area contributed by atoms with Crippen molar-refractivity contribution < 1.29 is 19.1 Å². The molecule has 0 atom stereocenters. The molecule has 3 aromatic rings. The van der Waals surface area contributed by atoms with E-state index in [1.807, 2.05) is 0 Å². The van der Waals surface area contributed by atoms with Crippen LogP contribution in [0.25, 0.3) is 10.9 Å². The standard InChI is InChI=1S/C20H20N4O6/c1-29-15-8-7-12(11-16(15)30-2)18(26)23-22-17(25)9-10-24-14-6-4-3-5-13(14)19(27)21-20(24)28/h3-8,11H,9-10H2,1-2H3,(H,22,25)(H,23,26)(H,21,27,28). The van der Waals surface area contributed by atoms with E-state index in [0.29, 0.717) is 22.4 Å². The van der Waals surface area contributed by atoms with Crippen LogP contribution in [0, 0.1) is 0 Å². The van der Waals surface area contributed by atoms with Crippen LogP contribution in [0.3, 0.4) is 0 Å². The summed E-state index contributed by atoms with van der Waals surface area (Å²) in [6.07, 6.45) is -0.0951. The van der Waals surface area contributed by atoms with E-state index in [0.717, 1.165) is 0 Å². The van der Waals surface area contributed by atoms with E-state index in [4.69, 9.17) is 9.47 Å². The number of H-pyrrole nitrogens is 1. The lowest BCUT2D eigenvalue weighted by molar-refractivity contribution is -0.122. The van der Waals surface area contributed by atoms with Crippen LogP contribution in [0.2, 0.25) is 0 Å². The van der Waals surface area contributed by atoms with Gasteiger partial charge in [-0.15, -0.1) is 0 Å². The summed E-state index contributed by atoms with van der Waals surface area (Å²) in [6.45, 7) is 0.0220. The van der Waals surface area contributed by atoms with Crippen LogP contribution in [0.4, 0.5) is 0 Å². The van der Waals surface area contributed by atoms with Crippen molar-refractivity contribution in [1.82, 2.24) is 20.4 Å². The molecular weight excluding hydrogens is 392 g/mol. The van der Waals surface area contributed by atoms with Crippen molar-refractivity contribution in [3.05, 3.63) is 68.9 Å². The Balaban J connectivity index is 1.64. The summed E-state index contributed by atoms with van der Waals surface area (Å²) in [5.74, 6) is -0.209. The van der Waals surface area contributed by atoms with Crippen molar-refractivity contribution >= 4 is 22.7 Å². The molecule has 0 aliphatic carbocycles. The third-order valence-corrected chi connectivity index (χ3v) is 4.43. The van der Waals surface area contributed by atoms with Crippen LogP contribution in [0.1, 0.15) is 16.8 Å². The highest BCUT2D eigenvalue weighted by molar-refractivity contribution is 5.96. The number of amides is 2. The normalized spacial score (nSPS) is 10.5. The molecule has 0 aliphatic rings. The summed E-state index contributed by atoms with van der Waals surface area (Å²) in [5.41, 5.74) is 4.19. The predicted molar refractivity (Wildman–Crippen MR) is 109 cm³/mol. The predicted octanol–water partition coefficient (Wildman–Crippen LogP) is 0.558. The van der Waals surface area contributed by atoms with Crippen LogP contribution >= 0.6 is 0 Å². The molecule has 0 bridgehead atoms. The van der Waals surface area contributed by atoms with E-state index in [1.165, 1.54) is 30.9 Å². The maximum Gasteiger partial charge on any atom is 0.328 e. The molecule has 1 aromatic heterocycles. The number of hydrogen-bond acceptors (Lipinski definition) is 6. The van der Waals surface area contributed by atoms with Crippen molar-refractivity contribution in [2.45, 2.75) is 13.0 Å². The minimum atomic E-state index is -0.610. The maximum absolute atomic E-state index is 12.2. The number of aromatic amines is 1. The van der Waals surface area contributed by atoms with Gasteiger partial charge in [0, 0.05) is 18.5 Å². The van der Waals surface area contributed by atoms with Gasteiger partial charge in [-0.2, -0.15) is 0 Å². The third kappa shape index (κ3) is 4.32. The Morgan fingerprint density at radius 2 is 1.73 bits per heavy atom. The van der Waals surface area contributed by atoms with Crippen molar-refractivity contribution in [2.75, 3.05) is 14.2 Å². The molecule has 3 N–H and O–H groups in total. The first-order valence-electron chi connectivity index (χ1n) is 8.97. The fourth-order valence-electron chi connectivity index (χ4n) is 2.92. The molecular formula is C20H20N4O6. The van der Waals surface area contributed by atoms with Gasteiger partial charge in [0.25, 0.3) is 11.5 Å². The zero-order valence-corrected chi connectivity index (χ0v) is 16.4. The number of hydrogen-bond donors (Lipinski definition) is 3. The summed E-state index contributed by atoms with van der Waals surface area (Å²) in [6, 6.07) is 11.2. The SMILES string of the molecule is COc1ccc(C(=O)NNC(=O)CCn2c(=O)[nH]c(=O)c3ccccc32)cc1OC. The number of carbonyl (C=O) groups excluding carboxylic acids is 2. The molecule has 30 heavy (non-hydrogen) atoms. The van der Waals surface area contributed by atoms with Crippen molar-refractivity contribution in [3.63, 3.8) is 0 Å². The molecule has 0 aliphatic heterocycles. The summed E-state index contributed by atoms with van der Waals surface area (Å²) >= 11 is 0. The first-order chi connectivity index (χ1) is 14.4. The number of fused-ring (bicyclic) bond motifs is 1. The van der Waals surface area contributed by atoms with Crippen LogP contribution in [-0.4, -0.2) is 35.6 Å². The monoisotopic (exact) mass is 412 g/mol. The van der Waals surface area contributed by atoms with Crippen molar-refractivity contribution in [1.29, 1.82) is 0 Å². The molecule has 2 amide bonds. The second-order valence-corrected chi connectivity index (χ2v) is 6.25. The largest absolute Gasteiger partial charge is 0.493 e. The minimum Gasteiger partial charge on any atom is -0.493 e. The lowest BCUT2D eigenvalue weighted by Gasteiger charge is -2.11. The lowest BCUT2D eigenvalue weighted by atomic mass is 10.2. The Hall–Kier alpha value is -4.08. The molecule has 3 rings (SSSR count). The highest BCUT2D eigenvalue weighted by Gasteiger charge is 2.13. The number of methoxy groups -OCH3 is 2. The Bertz CT molecular complexity index is 1210. The Morgan fingerprint density at radius 1 is 1.00 bits per heavy atom. The molecule has 0 radical (unpaired) electrons. The second kappa shape index (κ2) is 8.95. The van der Waals surface area contributed by atoms with E-state index in [2.05, 4.69) is 15.8 Å². The van der Waals surface area contributed by atoms with Gasteiger partial charge in [-0.3, -0.25) is 34.8 Å². The van der Waals surface area contributed by atoms with E-state index in [-0.39, 0.29) is 18.5 Å². The summed E-state index contributed by atoms with van der Waals surface area (Å²) in [5, 5.41) is 0.347. The van der Waals surface area contributed by atoms with Crippen molar-refractivity contribution in [2.24, 2.45) is 0 Å². The average Bonchev–Trinajstić information content (AvgIpc) is 2.76. The molecule has 0 fully saturated rings. The number of aryl methyl sites for hydroxylation is 1. The number of nitrogens with zero attached hydrogens (tertiary/aromatic N) is 1. The fraction of sp³-hybridized carbons (Fsp3) is 0.200. The van der Waals surface area contributed by atoms with Gasteiger partial charge in [0.1, 0.15) is 0 Å². The highest BCUT2D eigenvalue weighted by atomic mass is 16.5. The Labute approximate surface area is 170 Å². The number of para-hydroxylation sites is 1. The fourth-order valence-corrected chi connectivity index (χ4v) is 2.92. The quantitative estimate of drug-likeness (QED) is 0.507. The zero-order chi connectivity index (χ0) is 21.7. The van der Waals surface area contributed by atoms with E-state index in [9.17, 15) is 19.2 Å². The van der Waals surface area contributed by atoms with Gasteiger partial charge in [0.05, 0.1) is 25.1 Å². The van der Waals surface area contributed by atoms with Crippen LogP contribution in [0.15, 0.2) is 52.1 Å². The van der Waals surface area contributed by atoms with E-state index >= 15 is 0 Å². The molecule has 2 aromatic carbocycles. The number of hydrazine groups is 1. The first-order valence-corrected chi connectivity index (χ1v) is 8.97. The number of carbonyl (C=O) groups is 2. The molecule has 0 unspecified atom stereocenters. The second-order valence-electron chi connectivity index (χ2n) is 6.25. The van der Waals surface area contributed by atoms with Gasteiger partial charge >= 0.3 is 5.69 Å². The molecule has 156 valence electrons. The molecule has 0 saturated heterocycles. The summed E-state index contributed by atoms with van der Waals surface area (Å²) in [4.78, 5) is 50.6. The topological polar surface area (TPSA) is 132 Å². The third-order valence-electron chi connectivity index (χ3n) is 4.43. The van der Waals surface area contributed by atoms with Gasteiger partial charge in [0.15, 0.2) is 11.5 Å². The number of rotatable bonds is 6. The number of ether oxygens (including phenoxy) is 2. The van der Waals surface area contributed by atoms with Crippen LogP contribution in [-0.2, 0) is 11.3 Å². The summed E-state index contributed by atoms with van der Waals surface area (Å²) < 4.78 is 11.6. The highest BCUT2D eigenvalue weighted by Crippen LogP contribution is 2.27. The van der Waals surface area contributed by atoms with Gasteiger partial charge < -0.3 is 9.47 Å². The molecule has 10 heteroatoms. The van der Waals surface area contributed by atoms with Gasteiger partial charge in [0.2, 0.25) is 5.91 Å². The Kier molecular flexibility index (Phi) is 6.16. The lowest BCUT2D eigenvalue weighted by Crippen LogP contribution is -2.42. The van der Waals surface area contributed by atoms with Gasteiger partial charge in [-0.1, -0.05) is 12.1 Å². The first kappa shape index (κ1) is 20.6. The molecule has 1 heterocycles. The van der Waals surface area contributed by atoms with E-state index in [1.54, 1.807) is 30.3 Å². The maximum atomic E-state index is 12.2. The van der Waals surface area contributed by atoms with Crippen LogP contribution in [0.5, 0.6) is 11.5 Å². The number of nitrogens with one attached hydrogen (secondary N) is 3. The van der Waals surface area contributed by atoms with Crippen molar-refractivity contribution in [3.8, 4) is 11.5 Å². The molecule has 0 spiro atoms. The number of benzene rings is 2. The minimum absolute atomic E-state index is 0.0220. The average molecular weight is 412 g/mol. The number of aromatic nitrogens is 2. The smallest absolute Gasteiger partial charge is 0.328 e. The van der Waals surface area contributed by atoms with Crippen LogP contribution < -0.4 is 31.6 Å². The Morgan fingerprint density at radius 3 is 2.47 bits per heavy atom. The molecule has 10 nitrogen and oxygen atoms in total. The zero-order valence-electron chi connectivity index (χ0n) is 16.4. The molecule has 0 saturated carbocycles. The summed E-state index contributed by atoms with van der Waals surface area (Å²) in [7, 11) is 2.93. The van der Waals surface area contributed by atoms with Gasteiger partial charge in [-0.05, 0) is 30.3 Å². The van der Waals surface area contributed by atoms with E-state index < -0.39 is 23.1 Å². The van der Waals surface area contributed by atoms with Gasteiger partial charge in [-0.25, -0.2) is 4.79 Å².